The summed E-state index contributed by atoms with van der Waals surface area (Å²) in [6.45, 7) is 4.46. The molecule has 0 spiro atoms. The molecule has 0 bridgehead atoms. The molecular weight excluding hydrogens is 326 g/mol. The molecule has 5 nitrogen and oxygen atoms in total. The zero-order valence-corrected chi connectivity index (χ0v) is 16.0. The summed E-state index contributed by atoms with van der Waals surface area (Å²) in [5, 5.41) is 0. The van der Waals surface area contributed by atoms with E-state index in [-0.39, 0.29) is 18.0 Å². The Morgan fingerprint density at radius 1 is 1.08 bits per heavy atom. The second kappa shape index (κ2) is 6.60. The summed E-state index contributed by atoms with van der Waals surface area (Å²) < 4.78 is 0. The lowest BCUT2D eigenvalue weighted by Crippen LogP contribution is -2.43. The molecule has 1 aromatic rings. The van der Waals surface area contributed by atoms with E-state index >= 15 is 0 Å². The average Bonchev–Trinajstić information content (AvgIpc) is 3.10. The normalized spacial score (nSPS) is 28.0. The number of aryl methyl sites for hydroxylation is 1. The number of benzene rings is 1. The molecule has 3 aliphatic rings. The van der Waals surface area contributed by atoms with Crippen LogP contribution in [0.15, 0.2) is 24.3 Å². The van der Waals surface area contributed by atoms with Crippen LogP contribution in [0.25, 0.3) is 0 Å². The van der Waals surface area contributed by atoms with Crippen molar-refractivity contribution >= 4 is 11.9 Å². The van der Waals surface area contributed by atoms with E-state index in [4.69, 9.17) is 0 Å². The van der Waals surface area contributed by atoms with Gasteiger partial charge >= 0.3 is 6.03 Å². The standard InChI is InChI=1S/C21H29N3O2/c1-14-7-4-5-10-17(14)19-18-13-23(20(25)15-8-6-9-15)11-16(18)12-24(19)21(26)22(2)3/h4-5,7,10,15-16,18-19H,6,8-9,11-13H2,1-3H3/t16-,18-,19+/m1/s1. The van der Waals surface area contributed by atoms with Gasteiger partial charge < -0.3 is 14.7 Å². The van der Waals surface area contributed by atoms with Gasteiger partial charge in [0.05, 0.1) is 6.04 Å². The molecule has 140 valence electrons. The average molecular weight is 355 g/mol. The Bertz CT molecular complexity index is 713. The number of hydrogen-bond donors (Lipinski definition) is 0. The first kappa shape index (κ1) is 17.4. The summed E-state index contributed by atoms with van der Waals surface area (Å²) >= 11 is 0. The summed E-state index contributed by atoms with van der Waals surface area (Å²) in [5.41, 5.74) is 2.45. The molecule has 5 heteroatoms. The Kier molecular flexibility index (Phi) is 4.41. The maximum absolute atomic E-state index is 12.8. The molecule has 3 amide bonds. The number of amides is 3. The zero-order valence-electron chi connectivity index (χ0n) is 16.0. The van der Waals surface area contributed by atoms with Gasteiger partial charge in [-0.2, -0.15) is 0 Å². The van der Waals surface area contributed by atoms with Crippen LogP contribution in [0.3, 0.4) is 0 Å². The number of hydrogen-bond acceptors (Lipinski definition) is 2. The third-order valence-electron chi connectivity index (χ3n) is 6.57. The summed E-state index contributed by atoms with van der Waals surface area (Å²) in [6, 6.07) is 8.51. The number of nitrogens with zero attached hydrogens (tertiary/aromatic N) is 3. The number of rotatable bonds is 2. The van der Waals surface area contributed by atoms with E-state index in [0.717, 1.165) is 32.5 Å². The lowest BCUT2D eigenvalue weighted by molar-refractivity contribution is -0.137. The van der Waals surface area contributed by atoms with E-state index in [1.165, 1.54) is 17.5 Å². The molecule has 1 aliphatic carbocycles. The zero-order chi connectivity index (χ0) is 18.4. The van der Waals surface area contributed by atoms with Gasteiger partial charge in [-0.05, 0) is 30.9 Å². The van der Waals surface area contributed by atoms with Crippen molar-refractivity contribution in [3.8, 4) is 0 Å². The van der Waals surface area contributed by atoms with Gasteiger partial charge in [0.25, 0.3) is 0 Å². The predicted octanol–water partition coefficient (Wildman–Crippen LogP) is 2.91. The minimum atomic E-state index is 0.0651. The quantitative estimate of drug-likeness (QED) is 0.819. The van der Waals surface area contributed by atoms with Crippen LogP contribution in [0.4, 0.5) is 4.79 Å². The molecule has 3 fully saturated rings. The van der Waals surface area contributed by atoms with Gasteiger partial charge in [0.15, 0.2) is 0 Å². The lowest BCUT2D eigenvalue weighted by Gasteiger charge is -2.34. The molecule has 26 heavy (non-hydrogen) atoms. The molecule has 0 N–H and O–H groups in total. The van der Waals surface area contributed by atoms with Crippen LogP contribution < -0.4 is 0 Å². The van der Waals surface area contributed by atoms with Gasteiger partial charge in [-0.25, -0.2) is 4.79 Å². The largest absolute Gasteiger partial charge is 0.342 e. The van der Waals surface area contributed by atoms with Crippen LogP contribution in [0.2, 0.25) is 0 Å². The maximum atomic E-state index is 12.8. The Morgan fingerprint density at radius 3 is 2.42 bits per heavy atom. The molecule has 0 unspecified atom stereocenters. The highest BCUT2D eigenvalue weighted by Crippen LogP contribution is 2.46. The third kappa shape index (κ3) is 2.78. The molecule has 0 aromatic heterocycles. The van der Waals surface area contributed by atoms with Gasteiger partial charge in [0.2, 0.25) is 5.91 Å². The van der Waals surface area contributed by atoms with Crippen LogP contribution >= 0.6 is 0 Å². The molecular formula is C21H29N3O2. The lowest BCUT2D eigenvalue weighted by atomic mass is 9.84. The fraction of sp³-hybridized carbons (Fsp3) is 0.619. The molecule has 0 radical (unpaired) electrons. The maximum Gasteiger partial charge on any atom is 0.320 e. The second-order valence-electron chi connectivity index (χ2n) is 8.43. The summed E-state index contributed by atoms with van der Waals surface area (Å²) in [7, 11) is 3.63. The van der Waals surface area contributed by atoms with Gasteiger partial charge in [0, 0.05) is 51.5 Å². The second-order valence-corrected chi connectivity index (χ2v) is 8.43. The van der Waals surface area contributed by atoms with E-state index < -0.39 is 0 Å². The highest BCUT2D eigenvalue weighted by Gasteiger charge is 2.51. The molecule has 1 saturated carbocycles. The summed E-state index contributed by atoms with van der Waals surface area (Å²) in [5.74, 6) is 1.32. The van der Waals surface area contributed by atoms with Gasteiger partial charge in [-0.3, -0.25) is 4.79 Å². The van der Waals surface area contributed by atoms with E-state index in [1.54, 1.807) is 4.90 Å². The van der Waals surface area contributed by atoms with Crippen molar-refractivity contribution in [3.63, 3.8) is 0 Å². The molecule has 2 saturated heterocycles. The minimum Gasteiger partial charge on any atom is -0.342 e. The summed E-state index contributed by atoms with van der Waals surface area (Å²) in [4.78, 5) is 31.3. The van der Waals surface area contributed by atoms with Gasteiger partial charge in [-0.15, -0.1) is 0 Å². The number of carbonyl (C=O) groups excluding carboxylic acids is 2. The first-order valence-electron chi connectivity index (χ1n) is 9.79. The molecule has 2 heterocycles. The van der Waals surface area contributed by atoms with Crippen LogP contribution in [0.5, 0.6) is 0 Å². The fourth-order valence-corrected chi connectivity index (χ4v) is 4.91. The first-order valence-corrected chi connectivity index (χ1v) is 9.79. The fourth-order valence-electron chi connectivity index (χ4n) is 4.91. The van der Waals surface area contributed by atoms with Crippen LogP contribution in [-0.2, 0) is 4.79 Å². The van der Waals surface area contributed by atoms with E-state index in [2.05, 4.69) is 30.0 Å². The van der Waals surface area contributed by atoms with Crippen molar-refractivity contribution < 1.29 is 9.59 Å². The molecule has 1 aromatic carbocycles. The van der Waals surface area contributed by atoms with Crippen LogP contribution in [0, 0.1) is 24.7 Å². The van der Waals surface area contributed by atoms with Crippen molar-refractivity contribution in [2.45, 2.75) is 32.2 Å². The first-order chi connectivity index (χ1) is 12.5. The molecule has 3 atom stereocenters. The SMILES string of the molecule is Cc1ccccc1[C@H]1[C@@H]2CN(C(=O)C3CCC3)C[C@@H]2CN1C(=O)N(C)C. The molecule has 2 aliphatic heterocycles. The Balaban J connectivity index is 1.61. The summed E-state index contributed by atoms with van der Waals surface area (Å²) in [6.07, 6.45) is 3.29. The molecule has 4 rings (SSSR count). The van der Waals surface area contributed by atoms with Crippen LogP contribution in [-0.4, -0.2) is 60.4 Å². The number of fused-ring (bicyclic) bond motifs is 1. The number of carbonyl (C=O) groups is 2. The van der Waals surface area contributed by atoms with Crippen molar-refractivity contribution in [2.24, 2.45) is 17.8 Å². The smallest absolute Gasteiger partial charge is 0.320 e. The van der Waals surface area contributed by atoms with Crippen molar-refractivity contribution in [2.75, 3.05) is 33.7 Å². The third-order valence-corrected chi connectivity index (χ3v) is 6.57. The Morgan fingerprint density at radius 2 is 1.81 bits per heavy atom. The van der Waals surface area contributed by atoms with E-state index in [0.29, 0.717) is 17.7 Å². The van der Waals surface area contributed by atoms with Crippen molar-refractivity contribution in [1.29, 1.82) is 0 Å². The van der Waals surface area contributed by atoms with Gasteiger partial charge in [0.1, 0.15) is 0 Å². The predicted molar refractivity (Wildman–Crippen MR) is 101 cm³/mol. The van der Waals surface area contributed by atoms with E-state index in [1.807, 2.05) is 25.1 Å². The highest BCUT2D eigenvalue weighted by molar-refractivity contribution is 5.80. The Hall–Kier alpha value is -2.04. The van der Waals surface area contributed by atoms with Crippen molar-refractivity contribution in [1.82, 2.24) is 14.7 Å². The highest BCUT2D eigenvalue weighted by atomic mass is 16.2. The monoisotopic (exact) mass is 355 g/mol. The number of likely N-dealkylation sites (tertiary alicyclic amines) is 2. The Labute approximate surface area is 155 Å². The van der Waals surface area contributed by atoms with Gasteiger partial charge in [-0.1, -0.05) is 30.7 Å². The van der Waals surface area contributed by atoms with Crippen LogP contribution in [0.1, 0.15) is 36.4 Å². The number of urea groups is 1. The minimum absolute atomic E-state index is 0.0651. The van der Waals surface area contributed by atoms with E-state index in [9.17, 15) is 9.59 Å². The topological polar surface area (TPSA) is 43.9 Å². The van der Waals surface area contributed by atoms with Crippen molar-refractivity contribution in [3.05, 3.63) is 35.4 Å².